The predicted molar refractivity (Wildman–Crippen MR) is 97.4 cm³/mol. The molecule has 0 aliphatic carbocycles. The van der Waals surface area contributed by atoms with Gasteiger partial charge in [0.05, 0.1) is 18.1 Å². The Balaban J connectivity index is 1.65. The van der Waals surface area contributed by atoms with Gasteiger partial charge in [-0.3, -0.25) is 10.1 Å². The number of methoxy groups -OCH3 is 1. The third-order valence-corrected chi connectivity index (χ3v) is 3.93. The molecule has 0 spiro atoms. The summed E-state index contributed by atoms with van der Waals surface area (Å²) in [5.41, 5.74) is 1.34. The van der Waals surface area contributed by atoms with Crippen molar-refractivity contribution in [3.8, 4) is 11.5 Å². The topological polar surface area (TPSA) is 64.8 Å². The number of nitrogens with zero attached hydrogens (tertiary/aromatic N) is 2. The molecule has 0 bridgehead atoms. The van der Waals surface area contributed by atoms with Gasteiger partial charge in [-0.1, -0.05) is 18.2 Å². The van der Waals surface area contributed by atoms with Gasteiger partial charge < -0.3 is 14.4 Å². The van der Waals surface area contributed by atoms with E-state index in [0.717, 1.165) is 31.7 Å². The lowest BCUT2D eigenvalue weighted by Crippen LogP contribution is -2.25. The fourth-order valence-corrected chi connectivity index (χ4v) is 2.46. The van der Waals surface area contributed by atoms with Crippen LogP contribution in [0.25, 0.3) is 0 Å². The van der Waals surface area contributed by atoms with Crippen LogP contribution in [-0.4, -0.2) is 43.7 Å². The molecule has 0 fully saturated rings. The summed E-state index contributed by atoms with van der Waals surface area (Å²) < 4.78 is 10.8. The largest absolute Gasteiger partial charge is 0.497 e. The first-order chi connectivity index (χ1) is 12.1. The quantitative estimate of drug-likeness (QED) is 0.487. The van der Waals surface area contributed by atoms with Crippen LogP contribution in [0.1, 0.15) is 12.0 Å². The van der Waals surface area contributed by atoms with Gasteiger partial charge in [-0.05, 0) is 50.2 Å². The van der Waals surface area contributed by atoms with E-state index in [-0.39, 0.29) is 5.69 Å². The molecule has 0 radical (unpaired) electrons. The fraction of sp³-hybridized carbons (Fsp3) is 0.368. The number of aryl methyl sites for hydroxylation is 1. The van der Waals surface area contributed by atoms with Gasteiger partial charge in [-0.2, -0.15) is 0 Å². The van der Waals surface area contributed by atoms with Crippen LogP contribution in [0, 0.1) is 10.1 Å². The Morgan fingerprint density at radius 2 is 1.84 bits per heavy atom. The number of nitro benzene ring substituents is 1. The van der Waals surface area contributed by atoms with Gasteiger partial charge >= 0.3 is 0 Å². The minimum Gasteiger partial charge on any atom is -0.497 e. The monoisotopic (exact) mass is 344 g/mol. The van der Waals surface area contributed by atoms with Crippen LogP contribution in [0.5, 0.6) is 11.5 Å². The summed E-state index contributed by atoms with van der Waals surface area (Å²) in [6, 6.07) is 14.4. The van der Waals surface area contributed by atoms with Crippen LogP contribution in [0.3, 0.4) is 0 Å². The first kappa shape index (κ1) is 18.7. The summed E-state index contributed by atoms with van der Waals surface area (Å²) in [6.07, 6.45) is 2.07. The lowest BCUT2D eigenvalue weighted by Gasteiger charge is -2.17. The van der Waals surface area contributed by atoms with Gasteiger partial charge in [-0.25, -0.2) is 0 Å². The third kappa shape index (κ3) is 6.43. The second-order valence-electron chi connectivity index (χ2n) is 5.86. The number of non-ortho nitro benzene ring substituents is 1. The van der Waals surface area contributed by atoms with E-state index in [1.165, 1.54) is 17.7 Å². The third-order valence-electron chi connectivity index (χ3n) is 3.93. The molecule has 0 aliphatic rings. The number of likely N-dealkylation sites (N-methyl/N-ethyl adjacent to an activating group) is 1. The fourth-order valence-electron chi connectivity index (χ4n) is 2.46. The molecule has 0 unspecified atom stereocenters. The van der Waals surface area contributed by atoms with E-state index >= 15 is 0 Å². The van der Waals surface area contributed by atoms with Crippen molar-refractivity contribution in [2.75, 3.05) is 33.9 Å². The van der Waals surface area contributed by atoms with Crippen LogP contribution in [-0.2, 0) is 6.42 Å². The molecule has 2 aromatic carbocycles. The Hall–Kier alpha value is -2.60. The Labute approximate surface area is 148 Å². The Bertz CT molecular complexity index is 673. The van der Waals surface area contributed by atoms with Crippen LogP contribution >= 0.6 is 0 Å². The summed E-state index contributed by atoms with van der Waals surface area (Å²) in [4.78, 5) is 12.5. The van der Waals surface area contributed by atoms with E-state index in [1.54, 1.807) is 19.2 Å². The number of rotatable bonds is 10. The number of nitro groups is 1. The summed E-state index contributed by atoms with van der Waals surface area (Å²) in [7, 11) is 3.71. The van der Waals surface area contributed by atoms with Crippen molar-refractivity contribution in [2.45, 2.75) is 12.8 Å². The first-order valence-electron chi connectivity index (χ1n) is 8.27. The maximum absolute atomic E-state index is 10.7. The number of ether oxygens (including phenoxy) is 2. The van der Waals surface area contributed by atoms with Crippen LogP contribution in [0.4, 0.5) is 5.69 Å². The van der Waals surface area contributed by atoms with Crippen LogP contribution < -0.4 is 9.47 Å². The Morgan fingerprint density at radius 1 is 1.08 bits per heavy atom. The van der Waals surface area contributed by atoms with E-state index in [2.05, 4.69) is 17.0 Å². The minimum atomic E-state index is -0.418. The Morgan fingerprint density at radius 3 is 2.52 bits per heavy atom. The van der Waals surface area contributed by atoms with Crippen molar-refractivity contribution in [3.05, 3.63) is 64.2 Å². The molecule has 0 saturated heterocycles. The van der Waals surface area contributed by atoms with Gasteiger partial charge in [0.2, 0.25) is 0 Å². The molecular weight excluding hydrogens is 320 g/mol. The standard InChI is InChI=1S/C19H24N2O4/c1-20(12-4-5-16-8-10-18(24-2)11-9-16)13-14-25-19-7-3-6-17(15-19)21(22)23/h3,6-11,15H,4-5,12-14H2,1-2H3. The zero-order valence-electron chi connectivity index (χ0n) is 14.7. The average Bonchev–Trinajstić information content (AvgIpc) is 2.62. The lowest BCUT2D eigenvalue weighted by molar-refractivity contribution is -0.384. The predicted octanol–water partition coefficient (Wildman–Crippen LogP) is 3.55. The summed E-state index contributed by atoms with van der Waals surface area (Å²) >= 11 is 0. The molecule has 0 amide bonds. The van der Waals surface area contributed by atoms with Crippen LogP contribution in [0.2, 0.25) is 0 Å². The summed E-state index contributed by atoms with van der Waals surface area (Å²) in [6.45, 7) is 2.23. The highest BCUT2D eigenvalue weighted by atomic mass is 16.6. The minimum absolute atomic E-state index is 0.0466. The maximum atomic E-state index is 10.7. The van der Waals surface area contributed by atoms with Crippen molar-refractivity contribution in [2.24, 2.45) is 0 Å². The lowest BCUT2D eigenvalue weighted by atomic mass is 10.1. The molecule has 134 valence electrons. The molecule has 2 rings (SSSR count). The molecule has 0 saturated carbocycles. The molecule has 0 atom stereocenters. The normalized spacial score (nSPS) is 10.7. The average molecular weight is 344 g/mol. The second kappa shape index (κ2) is 9.64. The van der Waals surface area contributed by atoms with Crippen LogP contribution in [0.15, 0.2) is 48.5 Å². The van der Waals surface area contributed by atoms with E-state index < -0.39 is 4.92 Å². The zero-order valence-corrected chi connectivity index (χ0v) is 14.7. The van der Waals surface area contributed by atoms with E-state index in [4.69, 9.17) is 9.47 Å². The highest BCUT2D eigenvalue weighted by molar-refractivity contribution is 5.37. The SMILES string of the molecule is COc1ccc(CCCN(C)CCOc2cccc([N+](=O)[O-])c2)cc1. The molecule has 0 N–H and O–H groups in total. The highest BCUT2D eigenvalue weighted by Crippen LogP contribution is 2.19. The smallest absolute Gasteiger partial charge is 0.273 e. The molecule has 2 aromatic rings. The molecular formula is C19H24N2O4. The van der Waals surface area contributed by atoms with E-state index in [0.29, 0.717) is 12.4 Å². The summed E-state index contributed by atoms with van der Waals surface area (Å²) in [5, 5.41) is 10.7. The van der Waals surface area contributed by atoms with Crippen molar-refractivity contribution < 1.29 is 14.4 Å². The van der Waals surface area contributed by atoms with E-state index in [9.17, 15) is 10.1 Å². The van der Waals surface area contributed by atoms with Gasteiger partial charge in [0, 0.05) is 12.6 Å². The van der Waals surface area contributed by atoms with Crippen molar-refractivity contribution in [1.82, 2.24) is 4.90 Å². The molecule has 6 heteroatoms. The molecule has 0 aromatic heterocycles. The van der Waals surface area contributed by atoms with Crippen molar-refractivity contribution in [3.63, 3.8) is 0 Å². The number of hydrogen-bond acceptors (Lipinski definition) is 5. The number of benzene rings is 2. The maximum Gasteiger partial charge on any atom is 0.273 e. The zero-order chi connectivity index (χ0) is 18.1. The first-order valence-corrected chi connectivity index (χ1v) is 8.27. The highest BCUT2D eigenvalue weighted by Gasteiger charge is 2.06. The van der Waals surface area contributed by atoms with E-state index in [1.807, 2.05) is 19.2 Å². The number of hydrogen-bond donors (Lipinski definition) is 0. The van der Waals surface area contributed by atoms with Crippen molar-refractivity contribution >= 4 is 5.69 Å². The molecule has 0 aliphatic heterocycles. The second-order valence-corrected chi connectivity index (χ2v) is 5.86. The molecule has 6 nitrogen and oxygen atoms in total. The van der Waals surface area contributed by atoms with Gasteiger partial charge in [0.15, 0.2) is 0 Å². The van der Waals surface area contributed by atoms with Gasteiger partial charge in [0.1, 0.15) is 18.1 Å². The molecule has 0 heterocycles. The van der Waals surface area contributed by atoms with Gasteiger partial charge in [-0.15, -0.1) is 0 Å². The molecule has 25 heavy (non-hydrogen) atoms. The summed E-state index contributed by atoms with van der Waals surface area (Å²) in [5.74, 6) is 1.40. The van der Waals surface area contributed by atoms with Crippen molar-refractivity contribution in [1.29, 1.82) is 0 Å². The van der Waals surface area contributed by atoms with Gasteiger partial charge in [0.25, 0.3) is 5.69 Å². The Kier molecular flexibility index (Phi) is 7.22.